The zero-order valence-corrected chi connectivity index (χ0v) is 16.5. The number of aromatic nitrogens is 1. The Balaban J connectivity index is 1.81. The molecule has 2 aromatic rings. The summed E-state index contributed by atoms with van der Waals surface area (Å²) in [7, 11) is 0. The fourth-order valence-electron chi connectivity index (χ4n) is 3.62. The number of piperidine rings is 1. The van der Waals surface area contributed by atoms with E-state index in [1.807, 2.05) is 11.0 Å². The Morgan fingerprint density at radius 3 is 2.82 bits per heavy atom. The SMILES string of the molecule is CCOC(=O)c1ccccc1Nc1cncc(C(=O)N2CCCCC2CC)c1. The molecule has 1 N–H and O–H groups in total. The lowest BCUT2D eigenvalue weighted by molar-refractivity contribution is 0.0526. The summed E-state index contributed by atoms with van der Waals surface area (Å²) in [6, 6.07) is 9.23. The van der Waals surface area contributed by atoms with Crippen LogP contribution >= 0.6 is 0 Å². The van der Waals surface area contributed by atoms with Gasteiger partial charge < -0.3 is 15.0 Å². The summed E-state index contributed by atoms with van der Waals surface area (Å²) < 4.78 is 5.12. The minimum atomic E-state index is -0.384. The van der Waals surface area contributed by atoms with Crippen molar-refractivity contribution in [3.8, 4) is 0 Å². The largest absolute Gasteiger partial charge is 0.462 e. The average molecular weight is 381 g/mol. The summed E-state index contributed by atoms with van der Waals surface area (Å²) in [5.41, 5.74) is 2.28. The van der Waals surface area contributed by atoms with E-state index in [0.717, 1.165) is 25.8 Å². The van der Waals surface area contributed by atoms with Gasteiger partial charge in [-0.1, -0.05) is 19.1 Å². The highest BCUT2D eigenvalue weighted by molar-refractivity contribution is 5.97. The Hall–Kier alpha value is -2.89. The molecule has 1 amide bonds. The fraction of sp³-hybridized carbons (Fsp3) is 0.409. The molecule has 0 bridgehead atoms. The number of hydrogen-bond acceptors (Lipinski definition) is 5. The number of rotatable bonds is 6. The highest BCUT2D eigenvalue weighted by Gasteiger charge is 2.26. The maximum absolute atomic E-state index is 13.0. The van der Waals surface area contributed by atoms with Crippen LogP contribution in [0.1, 0.15) is 60.2 Å². The maximum Gasteiger partial charge on any atom is 0.340 e. The summed E-state index contributed by atoms with van der Waals surface area (Å²) in [5, 5.41) is 3.20. The zero-order chi connectivity index (χ0) is 19.9. The first-order valence-electron chi connectivity index (χ1n) is 9.93. The van der Waals surface area contributed by atoms with Crippen molar-refractivity contribution in [2.24, 2.45) is 0 Å². The van der Waals surface area contributed by atoms with Crippen molar-refractivity contribution >= 4 is 23.3 Å². The standard InChI is InChI=1S/C22H27N3O3/c1-3-18-9-7-8-12-25(18)21(26)16-13-17(15-23-14-16)24-20-11-6-5-10-19(20)22(27)28-4-2/h5-6,10-11,13-15,18,24H,3-4,7-9,12H2,1-2H3. The first-order chi connectivity index (χ1) is 13.6. The number of anilines is 2. The van der Waals surface area contributed by atoms with Crippen molar-refractivity contribution in [2.45, 2.75) is 45.6 Å². The lowest BCUT2D eigenvalue weighted by Crippen LogP contribution is -2.43. The van der Waals surface area contributed by atoms with Gasteiger partial charge in [0, 0.05) is 18.8 Å². The van der Waals surface area contributed by atoms with E-state index in [2.05, 4.69) is 17.2 Å². The van der Waals surface area contributed by atoms with Gasteiger partial charge in [-0.3, -0.25) is 9.78 Å². The molecular formula is C22H27N3O3. The van der Waals surface area contributed by atoms with Crippen LogP contribution < -0.4 is 5.32 Å². The molecule has 1 aromatic heterocycles. The number of nitrogens with one attached hydrogen (secondary N) is 1. The van der Waals surface area contributed by atoms with Crippen LogP contribution in [0.3, 0.4) is 0 Å². The van der Waals surface area contributed by atoms with Gasteiger partial charge in [-0.15, -0.1) is 0 Å². The Kier molecular flexibility index (Phi) is 6.63. The molecule has 1 aliphatic rings. The summed E-state index contributed by atoms with van der Waals surface area (Å²) in [4.78, 5) is 31.4. The highest BCUT2D eigenvalue weighted by atomic mass is 16.5. The van der Waals surface area contributed by atoms with Gasteiger partial charge in [-0.25, -0.2) is 4.79 Å². The van der Waals surface area contributed by atoms with Gasteiger partial charge in [-0.05, 0) is 50.8 Å². The van der Waals surface area contributed by atoms with Crippen LogP contribution in [0.2, 0.25) is 0 Å². The number of pyridine rings is 1. The van der Waals surface area contributed by atoms with Crippen LogP contribution in [0.15, 0.2) is 42.7 Å². The molecule has 2 heterocycles. The van der Waals surface area contributed by atoms with Crippen LogP contribution in [-0.4, -0.2) is 41.0 Å². The van der Waals surface area contributed by atoms with E-state index in [-0.39, 0.29) is 11.9 Å². The van der Waals surface area contributed by atoms with E-state index >= 15 is 0 Å². The second kappa shape index (κ2) is 9.35. The maximum atomic E-state index is 13.0. The fourth-order valence-corrected chi connectivity index (χ4v) is 3.62. The molecular weight excluding hydrogens is 354 g/mol. The van der Waals surface area contributed by atoms with Gasteiger partial charge in [0.1, 0.15) is 0 Å². The van der Waals surface area contributed by atoms with E-state index < -0.39 is 0 Å². The predicted molar refractivity (Wildman–Crippen MR) is 109 cm³/mol. The van der Waals surface area contributed by atoms with Gasteiger partial charge in [0.25, 0.3) is 5.91 Å². The third kappa shape index (κ3) is 4.50. The van der Waals surface area contributed by atoms with E-state index in [1.165, 1.54) is 6.42 Å². The average Bonchev–Trinajstić information content (AvgIpc) is 2.74. The highest BCUT2D eigenvalue weighted by Crippen LogP contribution is 2.25. The van der Waals surface area contributed by atoms with E-state index in [1.54, 1.807) is 43.6 Å². The summed E-state index contributed by atoms with van der Waals surface area (Å²) >= 11 is 0. The number of para-hydroxylation sites is 1. The van der Waals surface area contributed by atoms with Gasteiger partial charge in [-0.2, -0.15) is 0 Å². The molecule has 0 aliphatic carbocycles. The van der Waals surface area contributed by atoms with Crippen molar-refractivity contribution in [2.75, 3.05) is 18.5 Å². The second-order valence-corrected chi connectivity index (χ2v) is 6.91. The normalized spacial score (nSPS) is 16.5. The molecule has 0 saturated carbocycles. The zero-order valence-electron chi connectivity index (χ0n) is 16.5. The molecule has 1 aromatic carbocycles. The third-order valence-electron chi connectivity index (χ3n) is 5.05. The topological polar surface area (TPSA) is 71.5 Å². The Labute approximate surface area is 165 Å². The van der Waals surface area contributed by atoms with Crippen molar-refractivity contribution in [1.82, 2.24) is 9.88 Å². The molecule has 28 heavy (non-hydrogen) atoms. The van der Waals surface area contributed by atoms with Gasteiger partial charge in [0.05, 0.1) is 35.3 Å². The lowest BCUT2D eigenvalue weighted by Gasteiger charge is -2.35. The van der Waals surface area contributed by atoms with Crippen molar-refractivity contribution < 1.29 is 14.3 Å². The van der Waals surface area contributed by atoms with Crippen LogP contribution in [0.5, 0.6) is 0 Å². The molecule has 1 saturated heterocycles. The van der Waals surface area contributed by atoms with Gasteiger partial charge in [0.15, 0.2) is 0 Å². The number of benzene rings is 1. The first kappa shape index (κ1) is 19.9. The first-order valence-corrected chi connectivity index (χ1v) is 9.93. The number of ether oxygens (including phenoxy) is 1. The summed E-state index contributed by atoms with van der Waals surface area (Å²) in [6.45, 7) is 5.00. The van der Waals surface area contributed by atoms with Gasteiger partial charge >= 0.3 is 5.97 Å². The van der Waals surface area contributed by atoms with Crippen molar-refractivity contribution in [3.63, 3.8) is 0 Å². The molecule has 3 rings (SSSR count). The Morgan fingerprint density at radius 2 is 2.04 bits per heavy atom. The number of carbonyl (C=O) groups is 2. The van der Waals surface area contributed by atoms with Crippen LogP contribution in [-0.2, 0) is 4.74 Å². The van der Waals surface area contributed by atoms with Crippen LogP contribution in [0.25, 0.3) is 0 Å². The van der Waals surface area contributed by atoms with Crippen LogP contribution in [0, 0.1) is 0 Å². The Morgan fingerprint density at radius 1 is 1.21 bits per heavy atom. The molecule has 1 fully saturated rings. The molecule has 0 radical (unpaired) electrons. The second-order valence-electron chi connectivity index (χ2n) is 6.91. The number of hydrogen-bond donors (Lipinski definition) is 1. The quantitative estimate of drug-likeness (QED) is 0.751. The molecule has 148 valence electrons. The monoisotopic (exact) mass is 381 g/mol. The Bertz CT molecular complexity index is 837. The molecule has 1 unspecified atom stereocenters. The minimum Gasteiger partial charge on any atom is -0.462 e. The number of esters is 1. The number of nitrogens with zero attached hydrogens (tertiary/aromatic N) is 2. The van der Waals surface area contributed by atoms with Crippen molar-refractivity contribution in [3.05, 3.63) is 53.9 Å². The van der Waals surface area contributed by atoms with Crippen LogP contribution in [0.4, 0.5) is 11.4 Å². The van der Waals surface area contributed by atoms with Crippen molar-refractivity contribution in [1.29, 1.82) is 0 Å². The van der Waals surface area contributed by atoms with Gasteiger partial charge in [0.2, 0.25) is 0 Å². The van der Waals surface area contributed by atoms with E-state index in [4.69, 9.17) is 4.74 Å². The predicted octanol–water partition coefficient (Wildman–Crippen LogP) is 4.41. The number of amides is 1. The van der Waals surface area contributed by atoms with E-state index in [0.29, 0.717) is 35.2 Å². The minimum absolute atomic E-state index is 0.0152. The molecule has 0 spiro atoms. The molecule has 1 atom stereocenters. The molecule has 6 nitrogen and oxygen atoms in total. The third-order valence-corrected chi connectivity index (χ3v) is 5.05. The lowest BCUT2D eigenvalue weighted by atomic mass is 9.99. The summed E-state index contributed by atoms with van der Waals surface area (Å²) in [5.74, 6) is -0.369. The number of likely N-dealkylation sites (tertiary alicyclic amines) is 1. The smallest absolute Gasteiger partial charge is 0.340 e. The summed E-state index contributed by atoms with van der Waals surface area (Å²) in [6.07, 6.45) is 7.48. The molecule has 1 aliphatic heterocycles. The van der Waals surface area contributed by atoms with E-state index in [9.17, 15) is 9.59 Å². The molecule has 6 heteroatoms. The number of carbonyl (C=O) groups excluding carboxylic acids is 2.